The number of amidine groups is 1. The maximum Gasteiger partial charge on any atom is 0.219 e. The minimum absolute atomic E-state index is 0.0549. The van der Waals surface area contributed by atoms with Crippen molar-refractivity contribution in [2.75, 3.05) is 18.9 Å². The number of likely N-dealkylation sites (N-methyl/N-ethyl adjacent to an activating group) is 1. The zero-order valence-corrected chi connectivity index (χ0v) is 12.5. The lowest BCUT2D eigenvalue weighted by Crippen LogP contribution is -2.29. The molecule has 2 aromatic rings. The van der Waals surface area contributed by atoms with Gasteiger partial charge in [0.25, 0.3) is 0 Å². The third kappa shape index (κ3) is 3.47. The first-order valence-corrected chi connectivity index (χ1v) is 6.55. The van der Waals surface area contributed by atoms with Crippen LogP contribution in [0.5, 0.6) is 0 Å². The molecular weight excluding hydrogens is 266 g/mol. The Labute approximate surface area is 123 Å². The summed E-state index contributed by atoms with van der Waals surface area (Å²) in [4.78, 5) is 12.7. The number of carbonyl (C=O) groups is 1. The summed E-state index contributed by atoms with van der Waals surface area (Å²) < 4.78 is 1.75. The number of aryl methyl sites for hydroxylation is 1. The van der Waals surface area contributed by atoms with Gasteiger partial charge in [-0.3, -0.25) is 14.9 Å². The normalized spacial score (nSPS) is 10.4. The summed E-state index contributed by atoms with van der Waals surface area (Å²) in [5.74, 6) is 0.145. The van der Waals surface area contributed by atoms with Crippen LogP contribution in [0.15, 0.2) is 36.5 Å². The molecule has 0 saturated heterocycles. The Morgan fingerprint density at radius 1 is 1.52 bits per heavy atom. The second kappa shape index (κ2) is 5.78. The molecule has 6 nitrogen and oxygen atoms in total. The summed E-state index contributed by atoms with van der Waals surface area (Å²) in [5, 5.41) is 16.3. The van der Waals surface area contributed by atoms with Gasteiger partial charge in [-0.05, 0) is 18.2 Å². The van der Waals surface area contributed by atoms with Gasteiger partial charge in [-0.1, -0.05) is 6.58 Å². The van der Waals surface area contributed by atoms with E-state index in [9.17, 15) is 4.79 Å². The molecule has 0 fully saturated rings. The van der Waals surface area contributed by atoms with Crippen molar-refractivity contribution in [1.82, 2.24) is 14.7 Å². The van der Waals surface area contributed by atoms with Gasteiger partial charge in [0.1, 0.15) is 5.84 Å². The van der Waals surface area contributed by atoms with Crippen LogP contribution in [0.2, 0.25) is 0 Å². The first-order valence-electron chi connectivity index (χ1n) is 6.55. The van der Waals surface area contributed by atoms with E-state index in [1.165, 1.54) is 11.8 Å². The highest BCUT2D eigenvalue weighted by molar-refractivity contribution is 6.06. The molecule has 0 saturated carbocycles. The quantitative estimate of drug-likeness (QED) is 0.666. The Bertz CT molecular complexity index is 716. The highest BCUT2D eigenvalue weighted by Crippen LogP contribution is 2.18. The number of nitrogens with zero attached hydrogens (tertiary/aromatic N) is 3. The van der Waals surface area contributed by atoms with Crippen LogP contribution in [0.4, 0.5) is 5.69 Å². The molecule has 2 rings (SSSR count). The Morgan fingerprint density at radius 2 is 2.24 bits per heavy atom. The number of carbonyl (C=O) groups excluding carboxylic acids is 1. The summed E-state index contributed by atoms with van der Waals surface area (Å²) in [5.41, 5.74) is 2.26. The summed E-state index contributed by atoms with van der Waals surface area (Å²) in [6, 6.07) is 5.69. The number of benzene rings is 1. The predicted octanol–water partition coefficient (Wildman–Crippen LogP) is 2.00. The number of amides is 1. The molecule has 0 aliphatic rings. The van der Waals surface area contributed by atoms with Crippen LogP contribution in [-0.2, 0) is 11.8 Å². The highest BCUT2D eigenvalue weighted by atomic mass is 16.2. The molecular formula is C15H19N5O. The van der Waals surface area contributed by atoms with Gasteiger partial charge in [0.2, 0.25) is 5.91 Å². The summed E-state index contributed by atoms with van der Waals surface area (Å²) in [7, 11) is 3.55. The third-order valence-electron chi connectivity index (χ3n) is 3.21. The fourth-order valence-corrected chi connectivity index (χ4v) is 1.94. The van der Waals surface area contributed by atoms with Crippen LogP contribution in [0.3, 0.4) is 0 Å². The second-order valence-electron chi connectivity index (χ2n) is 5.05. The number of nitrogens with one attached hydrogen (secondary N) is 2. The lowest BCUT2D eigenvalue weighted by atomic mass is 10.2. The van der Waals surface area contributed by atoms with Crippen LogP contribution < -0.4 is 5.32 Å². The Morgan fingerprint density at radius 3 is 2.90 bits per heavy atom. The molecule has 1 amide bonds. The number of anilines is 1. The van der Waals surface area contributed by atoms with Crippen LogP contribution in [0.25, 0.3) is 10.9 Å². The van der Waals surface area contributed by atoms with Crippen LogP contribution in [0.1, 0.15) is 6.92 Å². The average molecular weight is 285 g/mol. The van der Waals surface area contributed by atoms with Gasteiger partial charge in [-0.25, -0.2) is 0 Å². The van der Waals surface area contributed by atoms with E-state index in [4.69, 9.17) is 5.41 Å². The minimum Gasteiger partial charge on any atom is -0.342 e. The molecule has 0 aliphatic heterocycles. The van der Waals surface area contributed by atoms with Crippen molar-refractivity contribution in [2.24, 2.45) is 7.05 Å². The van der Waals surface area contributed by atoms with E-state index in [1.54, 1.807) is 11.7 Å². The number of hydrogen-bond acceptors (Lipinski definition) is 3. The largest absolute Gasteiger partial charge is 0.342 e. The van der Waals surface area contributed by atoms with Crippen molar-refractivity contribution in [2.45, 2.75) is 6.92 Å². The van der Waals surface area contributed by atoms with Gasteiger partial charge in [0, 0.05) is 50.4 Å². The maximum atomic E-state index is 11.2. The molecule has 1 aromatic carbocycles. The molecule has 110 valence electrons. The second-order valence-corrected chi connectivity index (χ2v) is 5.05. The SMILES string of the molecule is C=C(CN(C)C(C)=O)C(=N)Nc1ccc2nn(C)cc2c1. The first kappa shape index (κ1) is 14.8. The summed E-state index contributed by atoms with van der Waals surface area (Å²) >= 11 is 0. The van der Waals surface area contributed by atoms with E-state index in [1.807, 2.05) is 31.4 Å². The maximum absolute atomic E-state index is 11.2. The number of aromatic nitrogens is 2. The Kier molecular flexibility index (Phi) is 4.07. The summed E-state index contributed by atoms with van der Waals surface area (Å²) in [6.07, 6.45) is 1.92. The molecule has 0 spiro atoms. The topological polar surface area (TPSA) is 74.0 Å². The van der Waals surface area contributed by atoms with Gasteiger partial charge < -0.3 is 10.2 Å². The van der Waals surface area contributed by atoms with Gasteiger partial charge in [0.15, 0.2) is 0 Å². The predicted molar refractivity (Wildman–Crippen MR) is 84.5 cm³/mol. The highest BCUT2D eigenvalue weighted by Gasteiger charge is 2.09. The third-order valence-corrected chi connectivity index (χ3v) is 3.21. The van der Waals surface area contributed by atoms with Crippen molar-refractivity contribution < 1.29 is 4.79 Å². The fourth-order valence-electron chi connectivity index (χ4n) is 1.94. The van der Waals surface area contributed by atoms with Gasteiger partial charge in [0.05, 0.1) is 5.52 Å². The van der Waals surface area contributed by atoms with E-state index in [0.29, 0.717) is 12.1 Å². The standard InChI is InChI=1S/C15H19N5O/c1-10(8-19(3)11(2)21)15(16)17-13-5-6-14-12(7-13)9-20(4)18-14/h5-7,9H,1,8H2,2-4H3,(H2,16,17). The zero-order chi connectivity index (χ0) is 15.6. The van der Waals surface area contributed by atoms with E-state index < -0.39 is 0 Å². The van der Waals surface area contributed by atoms with E-state index in [-0.39, 0.29) is 11.7 Å². The molecule has 0 bridgehead atoms. The Hall–Kier alpha value is -2.63. The van der Waals surface area contributed by atoms with Crippen molar-refractivity contribution in [3.63, 3.8) is 0 Å². The van der Waals surface area contributed by atoms with E-state index in [0.717, 1.165) is 16.6 Å². The fraction of sp³-hybridized carbons (Fsp3) is 0.267. The molecule has 2 N–H and O–H groups in total. The molecule has 0 unspecified atom stereocenters. The van der Waals surface area contributed by atoms with Crippen molar-refractivity contribution in [1.29, 1.82) is 5.41 Å². The molecule has 0 atom stereocenters. The number of fused-ring (bicyclic) bond motifs is 1. The average Bonchev–Trinajstić information content (AvgIpc) is 2.77. The van der Waals surface area contributed by atoms with E-state index in [2.05, 4.69) is 17.0 Å². The van der Waals surface area contributed by atoms with Crippen molar-refractivity contribution in [3.8, 4) is 0 Å². The Balaban J connectivity index is 2.06. The monoisotopic (exact) mass is 285 g/mol. The van der Waals surface area contributed by atoms with Crippen molar-refractivity contribution in [3.05, 3.63) is 36.5 Å². The minimum atomic E-state index is -0.0549. The number of rotatable bonds is 4. The molecule has 0 radical (unpaired) electrons. The van der Waals surface area contributed by atoms with Crippen LogP contribution in [0, 0.1) is 5.41 Å². The number of hydrogen-bond donors (Lipinski definition) is 2. The summed E-state index contributed by atoms with van der Waals surface area (Å²) in [6.45, 7) is 5.66. The molecule has 1 heterocycles. The zero-order valence-electron chi connectivity index (χ0n) is 12.5. The van der Waals surface area contributed by atoms with Crippen LogP contribution >= 0.6 is 0 Å². The van der Waals surface area contributed by atoms with Gasteiger partial charge in [-0.15, -0.1) is 0 Å². The molecule has 0 aliphatic carbocycles. The van der Waals surface area contributed by atoms with Gasteiger partial charge >= 0.3 is 0 Å². The van der Waals surface area contributed by atoms with Gasteiger partial charge in [-0.2, -0.15) is 5.10 Å². The lowest BCUT2D eigenvalue weighted by molar-refractivity contribution is -0.127. The molecule has 1 aromatic heterocycles. The lowest BCUT2D eigenvalue weighted by Gasteiger charge is -2.17. The molecule has 6 heteroatoms. The first-order chi connectivity index (χ1) is 9.86. The van der Waals surface area contributed by atoms with Crippen LogP contribution in [-0.4, -0.2) is 40.0 Å². The van der Waals surface area contributed by atoms with E-state index >= 15 is 0 Å². The smallest absolute Gasteiger partial charge is 0.219 e. The van der Waals surface area contributed by atoms with Crippen molar-refractivity contribution >= 4 is 28.3 Å². The molecule has 21 heavy (non-hydrogen) atoms.